The molecule has 1 aliphatic carbocycles. The summed E-state index contributed by atoms with van der Waals surface area (Å²) in [5.74, 6) is 0.426. The number of ether oxygens (including phenoxy) is 2. The smallest absolute Gasteiger partial charge is 0.339 e. The second-order valence-corrected chi connectivity index (χ2v) is 6.48. The van der Waals surface area contributed by atoms with Gasteiger partial charge >= 0.3 is 5.97 Å². The van der Waals surface area contributed by atoms with Crippen molar-refractivity contribution in [1.29, 1.82) is 0 Å². The predicted molar refractivity (Wildman–Crippen MR) is 98.2 cm³/mol. The standard InChI is InChI=1S/C21H23NO4/c1-15(20(23)22-17-9-5-6-10-17)25-21(24)16-8-7-13-19(14-16)26-18-11-3-2-4-12-18/h2-4,7-8,11-15,17H,5-6,9-10H2,1H3,(H,22,23)/t15-/m1/s1. The van der Waals surface area contributed by atoms with Crippen molar-refractivity contribution in [3.05, 3.63) is 60.2 Å². The molecule has 1 aliphatic rings. The summed E-state index contributed by atoms with van der Waals surface area (Å²) in [6.45, 7) is 1.59. The molecule has 0 saturated heterocycles. The Labute approximate surface area is 153 Å². The molecule has 1 fully saturated rings. The molecule has 0 heterocycles. The molecule has 1 saturated carbocycles. The SMILES string of the molecule is C[C@@H](OC(=O)c1cccc(Oc2ccccc2)c1)C(=O)NC1CCCC1. The van der Waals surface area contributed by atoms with Gasteiger partial charge in [0, 0.05) is 6.04 Å². The number of amides is 1. The zero-order chi connectivity index (χ0) is 18.4. The van der Waals surface area contributed by atoms with Gasteiger partial charge in [0.05, 0.1) is 5.56 Å². The van der Waals surface area contributed by atoms with Crippen LogP contribution in [0.15, 0.2) is 54.6 Å². The summed E-state index contributed by atoms with van der Waals surface area (Å²) in [4.78, 5) is 24.5. The molecule has 5 nitrogen and oxygen atoms in total. The molecule has 1 N–H and O–H groups in total. The molecular formula is C21H23NO4. The van der Waals surface area contributed by atoms with Gasteiger partial charge in [0.15, 0.2) is 6.10 Å². The number of carbonyl (C=O) groups is 2. The number of hydrogen-bond acceptors (Lipinski definition) is 4. The normalized spacial score (nSPS) is 15.3. The van der Waals surface area contributed by atoms with Crippen molar-refractivity contribution < 1.29 is 19.1 Å². The van der Waals surface area contributed by atoms with Crippen LogP contribution in [-0.4, -0.2) is 24.0 Å². The van der Waals surface area contributed by atoms with Crippen molar-refractivity contribution >= 4 is 11.9 Å². The number of nitrogens with one attached hydrogen (secondary N) is 1. The molecule has 0 bridgehead atoms. The van der Waals surface area contributed by atoms with Crippen molar-refractivity contribution in [2.75, 3.05) is 0 Å². The Bertz CT molecular complexity index is 754. The first kappa shape index (κ1) is 18.0. The van der Waals surface area contributed by atoms with Crippen molar-refractivity contribution in [3.63, 3.8) is 0 Å². The van der Waals surface area contributed by atoms with Gasteiger partial charge in [-0.2, -0.15) is 0 Å². The molecule has 136 valence electrons. The monoisotopic (exact) mass is 353 g/mol. The minimum atomic E-state index is -0.832. The third-order valence-corrected chi connectivity index (χ3v) is 4.40. The summed E-state index contributed by atoms with van der Waals surface area (Å²) in [6.07, 6.45) is 3.42. The van der Waals surface area contributed by atoms with Crippen molar-refractivity contribution in [3.8, 4) is 11.5 Å². The van der Waals surface area contributed by atoms with Crippen LogP contribution in [0.4, 0.5) is 0 Å². The maximum atomic E-state index is 12.3. The fourth-order valence-corrected chi connectivity index (χ4v) is 2.98. The molecule has 1 atom stereocenters. The zero-order valence-corrected chi connectivity index (χ0v) is 14.8. The summed E-state index contributed by atoms with van der Waals surface area (Å²) < 4.78 is 11.0. The first-order valence-electron chi connectivity index (χ1n) is 8.96. The van der Waals surface area contributed by atoms with Crippen LogP contribution in [0.1, 0.15) is 43.0 Å². The zero-order valence-electron chi connectivity index (χ0n) is 14.8. The molecule has 2 aromatic carbocycles. The number of esters is 1. The summed E-state index contributed by atoms with van der Waals surface area (Å²) in [5.41, 5.74) is 0.346. The van der Waals surface area contributed by atoms with Crippen LogP contribution in [-0.2, 0) is 9.53 Å². The van der Waals surface area contributed by atoms with E-state index in [1.807, 2.05) is 30.3 Å². The fraction of sp³-hybridized carbons (Fsp3) is 0.333. The van der Waals surface area contributed by atoms with Gasteiger partial charge < -0.3 is 14.8 Å². The molecule has 0 spiro atoms. The highest BCUT2D eigenvalue weighted by Crippen LogP contribution is 2.22. The number of benzene rings is 2. The van der Waals surface area contributed by atoms with E-state index in [1.54, 1.807) is 31.2 Å². The van der Waals surface area contributed by atoms with Crippen molar-refractivity contribution in [2.45, 2.75) is 44.8 Å². The van der Waals surface area contributed by atoms with E-state index in [1.165, 1.54) is 0 Å². The largest absolute Gasteiger partial charge is 0.457 e. The lowest BCUT2D eigenvalue weighted by Crippen LogP contribution is -2.40. The molecule has 0 unspecified atom stereocenters. The minimum Gasteiger partial charge on any atom is -0.457 e. The molecule has 0 aromatic heterocycles. The lowest BCUT2D eigenvalue weighted by molar-refractivity contribution is -0.129. The first-order chi connectivity index (χ1) is 12.6. The van der Waals surface area contributed by atoms with E-state index in [0.717, 1.165) is 25.7 Å². The Morgan fingerprint density at radius 3 is 2.42 bits per heavy atom. The predicted octanol–water partition coefficient (Wildman–Crippen LogP) is 4.08. The first-order valence-corrected chi connectivity index (χ1v) is 8.96. The number of rotatable bonds is 6. The maximum Gasteiger partial charge on any atom is 0.339 e. The van der Waals surface area contributed by atoms with Gasteiger partial charge in [0.25, 0.3) is 5.91 Å². The number of hydrogen-bond donors (Lipinski definition) is 1. The Morgan fingerprint density at radius 1 is 1.00 bits per heavy atom. The van der Waals surface area contributed by atoms with Crippen molar-refractivity contribution in [1.82, 2.24) is 5.32 Å². The van der Waals surface area contributed by atoms with Gasteiger partial charge in [-0.05, 0) is 50.1 Å². The Morgan fingerprint density at radius 2 is 1.69 bits per heavy atom. The summed E-state index contributed by atoms with van der Waals surface area (Å²) in [5, 5.41) is 2.94. The summed E-state index contributed by atoms with van der Waals surface area (Å²) in [7, 11) is 0. The van der Waals surface area contributed by atoms with Gasteiger partial charge in [0.1, 0.15) is 11.5 Å². The van der Waals surface area contributed by atoms with Gasteiger partial charge in [0.2, 0.25) is 0 Å². The van der Waals surface area contributed by atoms with E-state index >= 15 is 0 Å². The summed E-state index contributed by atoms with van der Waals surface area (Å²) in [6, 6.07) is 16.2. The summed E-state index contributed by atoms with van der Waals surface area (Å²) >= 11 is 0. The number of para-hydroxylation sites is 1. The van der Waals surface area contributed by atoms with Crippen LogP contribution in [0.5, 0.6) is 11.5 Å². The van der Waals surface area contributed by atoms with Crippen LogP contribution in [0.3, 0.4) is 0 Å². The molecule has 5 heteroatoms. The van der Waals surface area contributed by atoms with Crippen LogP contribution in [0.25, 0.3) is 0 Å². The topological polar surface area (TPSA) is 64.6 Å². The van der Waals surface area contributed by atoms with Gasteiger partial charge in [-0.3, -0.25) is 4.79 Å². The average molecular weight is 353 g/mol. The highest BCUT2D eigenvalue weighted by Gasteiger charge is 2.23. The van der Waals surface area contributed by atoms with E-state index in [9.17, 15) is 9.59 Å². The third kappa shape index (κ3) is 4.85. The van der Waals surface area contributed by atoms with Crippen LogP contribution in [0, 0.1) is 0 Å². The van der Waals surface area contributed by atoms with Crippen LogP contribution < -0.4 is 10.1 Å². The molecule has 26 heavy (non-hydrogen) atoms. The maximum absolute atomic E-state index is 12.3. The Balaban J connectivity index is 1.58. The van der Waals surface area contributed by atoms with Crippen LogP contribution in [0.2, 0.25) is 0 Å². The fourth-order valence-electron chi connectivity index (χ4n) is 2.98. The highest BCUT2D eigenvalue weighted by atomic mass is 16.5. The van der Waals surface area contributed by atoms with Crippen LogP contribution >= 0.6 is 0 Å². The van der Waals surface area contributed by atoms with Crippen molar-refractivity contribution in [2.24, 2.45) is 0 Å². The molecule has 3 rings (SSSR count). The lowest BCUT2D eigenvalue weighted by Gasteiger charge is -2.17. The lowest BCUT2D eigenvalue weighted by atomic mass is 10.2. The highest BCUT2D eigenvalue weighted by molar-refractivity contribution is 5.92. The molecule has 0 aliphatic heterocycles. The number of carbonyl (C=O) groups excluding carboxylic acids is 2. The Hall–Kier alpha value is -2.82. The van der Waals surface area contributed by atoms with Gasteiger partial charge in [-0.25, -0.2) is 4.79 Å². The Kier molecular flexibility index (Phi) is 5.89. The van der Waals surface area contributed by atoms with E-state index in [2.05, 4.69) is 5.32 Å². The van der Waals surface area contributed by atoms with E-state index < -0.39 is 12.1 Å². The molecule has 2 aromatic rings. The van der Waals surface area contributed by atoms with E-state index in [0.29, 0.717) is 17.1 Å². The van der Waals surface area contributed by atoms with E-state index in [4.69, 9.17) is 9.47 Å². The molecule has 1 amide bonds. The van der Waals surface area contributed by atoms with Gasteiger partial charge in [-0.1, -0.05) is 37.1 Å². The quantitative estimate of drug-likeness (QED) is 0.795. The molecule has 0 radical (unpaired) electrons. The third-order valence-electron chi connectivity index (χ3n) is 4.40. The second-order valence-electron chi connectivity index (χ2n) is 6.48. The second kappa shape index (κ2) is 8.52. The van der Waals surface area contributed by atoms with Gasteiger partial charge in [-0.15, -0.1) is 0 Å². The molecular weight excluding hydrogens is 330 g/mol. The average Bonchev–Trinajstić information content (AvgIpc) is 3.15. The minimum absolute atomic E-state index is 0.200. The van der Waals surface area contributed by atoms with E-state index in [-0.39, 0.29) is 11.9 Å².